The Morgan fingerprint density at radius 1 is 0.656 bits per heavy atom. The number of aliphatic hydroxyl groups excluding tert-OH is 2. The van der Waals surface area contributed by atoms with Crippen LogP contribution in [0.25, 0.3) is 0 Å². The Morgan fingerprint density at radius 3 is 1.47 bits per heavy atom. The second-order valence-electron chi connectivity index (χ2n) is 7.42. The van der Waals surface area contributed by atoms with Gasteiger partial charge in [-0.1, -0.05) is 0 Å². The maximum Gasteiger partial charge on any atom is 0.495 e. The number of aliphatic hydroxyl groups is 2. The van der Waals surface area contributed by atoms with Gasteiger partial charge in [-0.2, -0.15) is 17.6 Å². The fraction of sp³-hybridized carbons (Fsp3) is 1.00. The average molecular weight is 490 g/mol. The summed E-state index contributed by atoms with van der Waals surface area (Å²) in [5.41, 5.74) is 0. The van der Waals surface area contributed by atoms with Crippen molar-refractivity contribution in [2.45, 2.75) is 30.7 Å². The summed E-state index contributed by atoms with van der Waals surface area (Å²) in [7, 11) is 6.61. The van der Waals surface area contributed by atoms with Crippen LogP contribution in [0.4, 0.5) is 26.3 Å². The number of hydrogen-bond acceptors (Lipinski definition) is 9. The van der Waals surface area contributed by atoms with Gasteiger partial charge in [-0.05, 0) is 28.2 Å². The molecule has 0 spiro atoms. The van der Waals surface area contributed by atoms with Gasteiger partial charge in [0.1, 0.15) is 13.2 Å². The minimum absolute atomic E-state index is 0.0552. The molecule has 0 radical (unpaired) electrons. The van der Waals surface area contributed by atoms with E-state index in [0.29, 0.717) is 6.54 Å². The molecule has 2 unspecified atom stereocenters. The Morgan fingerprint density at radius 2 is 1.03 bits per heavy atom. The smallest absolute Gasteiger partial charge is 0.389 e. The maximum absolute atomic E-state index is 13.4. The highest BCUT2D eigenvalue weighted by atomic mass is 19.3. The molecule has 0 rings (SSSR count). The summed E-state index contributed by atoms with van der Waals surface area (Å²) in [5, 5.41) is 19.0. The number of alkyl halides is 6. The molecule has 0 amide bonds. The van der Waals surface area contributed by atoms with Gasteiger partial charge in [0, 0.05) is 13.1 Å². The number of hydrogen-bond donors (Lipinski definition) is 2. The molecule has 0 aromatic heterocycles. The first-order valence-corrected chi connectivity index (χ1v) is 9.46. The molecule has 32 heavy (non-hydrogen) atoms. The standard InChI is InChI=1S/C17H32F6N2O7/c1-24(2)7-13(26)9-28-5-6-29-11-15(18,19)31-17(22,23)32-16(20,21)12-30-10-14(27)8-25(3)4/h13-14,26-27H,5-12H2,1-4H3. The molecule has 0 aromatic carbocycles. The van der Waals surface area contributed by atoms with E-state index < -0.39 is 57.1 Å². The predicted molar refractivity (Wildman–Crippen MR) is 98.6 cm³/mol. The molecule has 15 heteroatoms. The van der Waals surface area contributed by atoms with Crippen molar-refractivity contribution in [3.05, 3.63) is 0 Å². The van der Waals surface area contributed by atoms with Crippen LogP contribution in [0.1, 0.15) is 0 Å². The minimum Gasteiger partial charge on any atom is -0.389 e. The zero-order chi connectivity index (χ0) is 25.0. The monoisotopic (exact) mass is 490 g/mol. The van der Waals surface area contributed by atoms with Gasteiger partial charge in [0.15, 0.2) is 0 Å². The normalized spacial score (nSPS) is 15.6. The van der Waals surface area contributed by atoms with Crippen LogP contribution in [-0.4, -0.2) is 132 Å². The van der Waals surface area contributed by atoms with Gasteiger partial charge >= 0.3 is 18.5 Å². The van der Waals surface area contributed by atoms with Crippen LogP contribution in [0.2, 0.25) is 0 Å². The number of nitrogens with zero attached hydrogens (tertiary/aromatic N) is 2. The van der Waals surface area contributed by atoms with E-state index in [0.717, 1.165) is 0 Å². The predicted octanol–water partition coefficient (Wildman–Crippen LogP) is 0.650. The van der Waals surface area contributed by atoms with Crippen LogP contribution >= 0.6 is 0 Å². The Labute approximate surface area is 182 Å². The lowest BCUT2D eigenvalue weighted by atomic mass is 10.3. The zero-order valence-electron chi connectivity index (χ0n) is 18.4. The minimum atomic E-state index is -5.37. The highest BCUT2D eigenvalue weighted by Crippen LogP contribution is 2.33. The third-order valence-corrected chi connectivity index (χ3v) is 3.22. The van der Waals surface area contributed by atoms with Crippen molar-refractivity contribution in [1.29, 1.82) is 0 Å². The number of ether oxygens (including phenoxy) is 5. The van der Waals surface area contributed by atoms with Crippen molar-refractivity contribution >= 4 is 0 Å². The largest absolute Gasteiger partial charge is 0.495 e. The molecular weight excluding hydrogens is 458 g/mol. The van der Waals surface area contributed by atoms with E-state index in [2.05, 4.69) is 18.9 Å². The molecule has 0 aromatic rings. The lowest BCUT2D eigenvalue weighted by molar-refractivity contribution is -0.518. The van der Waals surface area contributed by atoms with E-state index in [4.69, 9.17) is 4.74 Å². The molecule has 194 valence electrons. The summed E-state index contributed by atoms with van der Waals surface area (Å²) in [5.74, 6) is 0. The zero-order valence-corrected chi connectivity index (χ0v) is 18.4. The van der Waals surface area contributed by atoms with Gasteiger partial charge in [-0.25, -0.2) is 9.47 Å². The van der Waals surface area contributed by atoms with Crippen molar-refractivity contribution in [3.63, 3.8) is 0 Å². The first kappa shape index (κ1) is 31.2. The van der Waals surface area contributed by atoms with Gasteiger partial charge in [-0.15, -0.1) is 8.78 Å². The van der Waals surface area contributed by atoms with Crippen LogP contribution in [0.3, 0.4) is 0 Å². The fourth-order valence-corrected chi connectivity index (χ4v) is 2.22. The third-order valence-electron chi connectivity index (χ3n) is 3.22. The quantitative estimate of drug-likeness (QED) is 0.154. The summed E-state index contributed by atoms with van der Waals surface area (Å²) in [6, 6.07) is 0. The van der Waals surface area contributed by atoms with Crippen LogP contribution < -0.4 is 0 Å². The molecule has 0 aliphatic carbocycles. The highest BCUT2D eigenvalue weighted by molar-refractivity contribution is 4.61. The van der Waals surface area contributed by atoms with Crippen molar-refractivity contribution in [1.82, 2.24) is 9.80 Å². The number of halogens is 6. The van der Waals surface area contributed by atoms with Crippen LogP contribution in [0.15, 0.2) is 0 Å². The summed E-state index contributed by atoms with van der Waals surface area (Å²) in [4.78, 5) is 3.21. The molecule has 2 N–H and O–H groups in total. The van der Waals surface area contributed by atoms with Gasteiger partial charge in [0.05, 0.1) is 38.6 Å². The number of likely N-dealkylation sites (N-methyl/N-ethyl adjacent to an activating group) is 2. The van der Waals surface area contributed by atoms with E-state index in [1.54, 1.807) is 33.1 Å². The second kappa shape index (κ2) is 14.5. The molecule has 0 heterocycles. The molecule has 0 fully saturated rings. The van der Waals surface area contributed by atoms with E-state index in [-0.39, 0.29) is 19.8 Å². The summed E-state index contributed by atoms with van der Waals surface area (Å²) in [6.45, 7) is -4.48. The van der Waals surface area contributed by atoms with E-state index in [1.807, 2.05) is 0 Å². The van der Waals surface area contributed by atoms with Gasteiger partial charge < -0.3 is 34.2 Å². The lowest BCUT2D eigenvalue weighted by Crippen LogP contribution is -2.44. The van der Waals surface area contributed by atoms with Crippen molar-refractivity contribution < 1.29 is 60.2 Å². The Bertz CT molecular complexity index is 504. The summed E-state index contributed by atoms with van der Waals surface area (Å²) >= 11 is 0. The van der Waals surface area contributed by atoms with Gasteiger partial charge in [0.25, 0.3) is 0 Å². The third kappa shape index (κ3) is 17.7. The summed E-state index contributed by atoms with van der Waals surface area (Å²) in [6.07, 6.45) is -16.7. The molecule has 0 saturated heterocycles. The van der Waals surface area contributed by atoms with Crippen LogP contribution in [0, 0.1) is 0 Å². The van der Waals surface area contributed by atoms with Crippen molar-refractivity contribution in [2.75, 3.05) is 80.9 Å². The maximum atomic E-state index is 13.4. The molecule has 2 atom stereocenters. The molecule has 9 nitrogen and oxygen atoms in total. The van der Waals surface area contributed by atoms with Gasteiger partial charge in [-0.3, -0.25) is 0 Å². The van der Waals surface area contributed by atoms with Crippen LogP contribution in [0.5, 0.6) is 0 Å². The van der Waals surface area contributed by atoms with Crippen molar-refractivity contribution in [3.8, 4) is 0 Å². The molecule has 0 saturated carbocycles. The average Bonchev–Trinajstić information content (AvgIpc) is 2.54. The van der Waals surface area contributed by atoms with Crippen LogP contribution in [-0.2, 0) is 23.7 Å². The molecule has 0 bridgehead atoms. The summed E-state index contributed by atoms with van der Waals surface area (Å²) < 4.78 is 100. The molecule has 0 aliphatic heterocycles. The lowest BCUT2D eigenvalue weighted by Gasteiger charge is -2.26. The highest BCUT2D eigenvalue weighted by Gasteiger charge is 2.52. The van der Waals surface area contributed by atoms with E-state index in [9.17, 15) is 36.6 Å². The first-order valence-electron chi connectivity index (χ1n) is 9.46. The van der Waals surface area contributed by atoms with Crippen molar-refractivity contribution in [2.24, 2.45) is 0 Å². The second-order valence-corrected chi connectivity index (χ2v) is 7.42. The Balaban J connectivity index is 4.26. The van der Waals surface area contributed by atoms with E-state index >= 15 is 0 Å². The number of rotatable bonds is 19. The fourth-order valence-electron chi connectivity index (χ4n) is 2.22. The Hall–Kier alpha value is -0.780. The topological polar surface area (TPSA) is 93.1 Å². The molecule has 0 aliphatic rings. The first-order chi connectivity index (χ1) is 14.5. The SMILES string of the molecule is CN(C)CC(O)COCCOCC(F)(F)OC(F)(F)OC(F)(F)COCC(O)CN(C)C. The van der Waals surface area contributed by atoms with E-state index in [1.165, 1.54) is 4.90 Å². The molecular formula is C17H32F6N2O7. The van der Waals surface area contributed by atoms with Gasteiger partial charge in [0.2, 0.25) is 0 Å². The Kier molecular flexibility index (Phi) is 14.1.